The van der Waals surface area contributed by atoms with Gasteiger partial charge in [0.1, 0.15) is 0 Å². The van der Waals surface area contributed by atoms with E-state index in [1.54, 1.807) is 18.1 Å². The van der Waals surface area contributed by atoms with Crippen molar-refractivity contribution in [2.75, 3.05) is 6.54 Å². The van der Waals surface area contributed by atoms with E-state index in [1.165, 1.54) is 12.1 Å². The smallest absolute Gasteiger partial charge is 0.475 e. The molecule has 0 saturated heterocycles. The molecule has 156 valence electrons. The molecule has 0 aliphatic carbocycles. The fourth-order valence-corrected chi connectivity index (χ4v) is 1.33. The van der Waals surface area contributed by atoms with Gasteiger partial charge in [-0.1, -0.05) is 6.07 Å². The van der Waals surface area contributed by atoms with Crippen molar-refractivity contribution in [3.05, 3.63) is 29.8 Å². The Morgan fingerprint density at radius 2 is 1.72 bits per heavy atom. The Balaban J connectivity index is 0.000000956. The number of carboxylic acids is 2. The van der Waals surface area contributed by atoms with Crippen LogP contribution in [0.4, 0.5) is 18.9 Å². The number of halogens is 3. The van der Waals surface area contributed by atoms with Crippen LogP contribution in [0.5, 0.6) is 0 Å². The number of rotatable bonds is 4. The zero-order valence-electron chi connectivity index (χ0n) is 14.3. The van der Waals surface area contributed by atoms with Crippen molar-refractivity contribution in [2.45, 2.75) is 6.18 Å². The summed E-state index contributed by atoms with van der Waals surface area (Å²) in [5.41, 5.74) is 11.1. The van der Waals surface area contributed by atoms with Crippen molar-refractivity contribution in [1.29, 1.82) is 0 Å². The number of nitrogens with one attached hydrogen (secondary N) is 2. The topological polar surface area (TPSA) is 197 Å². The van der Waals surface area contributed by atoms with E-state index in [0.29, 0.717) is 5.69 Å². The van der Waals surface area contributed by atoms with Gasteiger partial charge in [-0.3, -0.25) is 14.9 Å². The molecule has 0 heterocycles. The number of nitrogens with two attached hydrogens (primary N) is 2. The van der Waals surface area contributed by atoms with Crippen LogP contribution in [-0.4, -0.2) is 52.6 Å². The fraction of sp³-hybridized carbons (Fsp3) is 0.133. The van der Waals surface area contributed by atoms with Gasteiger partial charge in [-0.2, -0.15) is 13.2 Å². The highest BCUT2D eigenvalue weighted by Crippen LogP contribution is 2.14. The summed E-state index contributed by atoms with van der Waals surface area (Å²) in [6, 6.07) is 8.07. The largest absolute Gasteiger partial charge is 0.490 e. The van der Waals surface area contributed by atoms with E-state index >= 15 is 0 Å². The van der Waals surface area contributed by atoms with E-state index in [4.69, 9.17) is 26.5 Å². The minimum absolute atomic E-state index is 0.144. The molecule has 29 heavy (non-hydrogen) atoms. The first kappa shape index (κ1) is 24.7. The molecule has 0 saturated carbocycles. The van der Waals surface area contributed by atoms with Gasteiger partial charge in [0, 0.05) is 17.5 Å². The predicted molar refractivity (Wildman–Crippen MR) is 91.5 cm³/mol. The quantitative estimate of drug-likeness (QED) is 0.157. The molecule has 1 rings (SSSR count). The van der Waals surface area contributed by atoms with Crippen molar-refractivity contribution in [1.82, 2.24) is 10.6 Å². The van der Waals surface area contributed by atoms with Crippen molar-refractivity contribution >= 4 is 35.4 Å². The molecular formula is C15H14F3N5O6. The second-order valence-corrected chi connectivity index (χ2v) is 4.68. The summed E-state index contributed by atoms with van der Waals surface area (Å²) in [6.45, 7) is -0.361. The molecule has 0 aliphatic heterocycles. The molecule has 8 N–H and O–H groups in total. The number of alkyl halides is 3. The normalized spacial score (nSPS) is 9.48. The van der Waals surface area contributed by atoms with Crippen molar-refractivity contribution in [2.24, 2.45) is 16.5 Å². The molecule has 0 bridgehead atoms. The number of hydrogen-bond donors (Lipinski definition) is 6. The molecule has 14 heteroatoms. The average Bonchev–Trinajstić information content (AvgIpc) is 2.58. The molecule has 0 atom stereocenters. The lowest BCUT2D eigenvalue weighted by molar-refractivity contribution is -0.192. The van der Waals surface area contributed by atoms with Gasteiger partial charge in [0.05, 0.1) is 12.2 Å². The Hall–Kier alpha value is -4.28. The van der Waals surface area contributed by atoms with Crippen LogP contribution in [0.15, 0.2) is 29.3 Å². The van der Waals surface area contributed by atoms with E-state index < -0.39 is 29.9 Å². The van der Waals surface area contributed by atoms with Crippen LogP contribution in [0.3, 0.4) is 0 Å². The van der Waals surface area contributed by atoms with Crippen LogP contribution in [0, 0.1) is 12.0 Å². The second kappa shape index (κ2) is 11.4. The predicted octanol–water partition coefficient (Wildman–Crippen LogP) is -0.884. The minimum atomic E-state index is -5.08. The lowest BCUT2D eigenvalue weighted by atomic mass is 10.2. The zero-order chi connectivity index (χ0) is 22.6. The van der Waals surface area contributed by atoms with Gasteiger partial charge in [0.15, 0.2) is 5.96 Å². The SMILES string of the molecule is NC(N)=Nc1cccc(C(=O)NCC(=O)NC#CC(=O)O)c1.O=C(O)C(F)(F)F. The maximum absolute atomic E-state index is 11.8. The highest BCUT2D eigenvalue weighted by atomic mass is 19.4. The first-order valence-corrected chi connectivity index (χ1v) is 7.13. The number of hydrogen-bond acceptors (Lipinski definition) is 5. The number of aliphatic carboxylic acids is 2. The van der Waals surface area contributed by atoms with E-state index in [9.17, 15) is 27.6 Å². The molecule has 1 aromatic rings. The van der Waals surface area contributed by atoms with E-state index in [2.05, 4.69) is 10.3 Å². The van der Waals surface area contributed by atoms with Gasteiger partial charge in [-0.05, 0) is 18.2 Å². The van der Waals surface area contributed by atoms with Crippen LogP contribution < -0.4 is 22.1 Å². The fourth-order valence-electron chi connectivity index (χ4n) is 1.33. The lowest BCUT2D eigenvalue weighted by Gasteiger charge is -2.04. The van der Waals surface area contributed by atoms with Gasteiger partial charge in [-0.15, -0.1) is 0 Å². The van der Waals surface area contributed by atoms with Crippen LogP contribution in [0.1, 0.15) is 10.4 Å². The summed E-state index contributed by atoms with van der Waals surface area (Å²) in [4.78, 5) is 45.9. The van der Waals surface area contributed by atoms with E-state index in [-0.39, 0.29) is 18.1 Å². The molecular weight excluding hydrogens is 403 g/mol. The van der Waals surface area contributed by atoms with Gasteiger partial charge >= 0.3 is 18.1 Å². The summed E-state index contributed by atoms with van der Waals surface area (Å²) in [7, 11) is 0. The number of carbonyl (C=O) groups excluding carboxylic acids is 2. The molecule has 0 aromatic heterocycles. The van der Waals surface area contributed by atoms with Crippen molar-refractivity contribution in [3.8, 4) is 12.0 Å². The van der Waals surface area contributed by atoms with Crippen molar-refractivity contribution < 1.29 is 42.6 Å². The third-order valence-corrected chi connectivity index (χ3v) is 2.39. The molecule has 1 aromatic carbocycles. The van der Waals surface area contributed by atoms with Crippen LogP contribution in [-0.2, 0) is 14.4 Å². The summed E-state index contributed by atoms with van der Waals surface area (Å²) in [6.07, 6.45) is -5.08. The number of guanidine groups is 1. The maximum atomic E-state index is 11.8. The number of nitrogens with zero attached hydrogens (tertiary/aromatic N) is 1. The molecule has 0 radical (unpaired) electrons. The average molecular weight is 417 g/mol. The number of carbonyl (C=O) groups is 4. The number of aliphatic imine (C=N–C) groups is 1. The van der Waals surface area contributed by atoms with Gasteiger partial charge in [-0.25, -0.2) is 14.6 Å². The highest BCUT2D eigenvalue weighted by molar-refractivity contribution is 5.97. The highest BCUT2D eigenvalue weighted by Gasteiger charge is 2.38. The Kier molecular flexibility index (Phi) is 9.75. The van der Waals surface area contributed by atoms with Gasteiger partial charge in [0.25, 0.3) is 11.8 Å². The lowest BCUT2D eigenvalue weighted by Crippen LogP contribution is -2.35. The van der Waals surface area contributed by atoms with Crippen molar-refractivity contribution in [3.63, 3.8) is 0 Å². The van der Waals surface area contributed by atoms with E-state index in [0.717, 1.165) is 0 Å². The minimum Gasteiger partial charge on any atom is -0.475 e. The zero-order valence-corrected chi connectivity index (χ0v) is 14.3. The Bertz CT molecular complexity index is 869. The molecule has 0 spiro atoms. The number of carboxylic acid groups (broad SMARTS) is 2. The standard InChI is InChI=1S/C13H13N5O4.C2HF3O2/c14-13(15)18-9-3-1-2-8(6-9)12(22)17-7-10(19)16-5-4-11(20)21;3-2(4,5)1(6)7/h1-3,6H,7H2,(H,16,19)(H,17,22)(H,20,21)(H4,14,15,18);(H,6,7). The summed E-state index contributed by atoms with van der Waals surface area (Å²) in [5.74, 6) is -3.74. The maximum Gasteiger partial charge on any atom is 0.490 e. The Morgan fingerprint density at radius 3 is 2.21 bits per heavy atom. The third kappa shape index (κ3) is 11.9. The third-order valence-electron chi connectivity index (χ3n) is 2.39. The van der Waals surface area contributed by atoms with E-state index in [1.807, 2.05) is 11.4 Å². The summed E-state index contributed by atoms with van der Waals surface area (Å²) < 4.78 is 31.7. The molecule has 2 amide bonds. The first-order chi connectivity index (χ1) is 13.3. The Labute approximate surface area is 160 Å². The summed E-state index contributed by atoms with van der Waals surface area (Å²) >= 11 is 0. The number of amides is 2. The van der Waals surface area contributed by atoms with Crippen LogP contribution in [0.2, 0.25) is 0 Å². The van der Waals surface area contributed by atoms with Gasteiger partial charge < -0.3 is 27.0 Å². The number of benzene rings is 1. The summed E-state index contributed by atoms with van der Waals surface area (Å²) in [5, 5.41) is 19.7. The van der Waals surface area contributed by atoms with Crippen LogP contribution >= 0.6 is 0 Å². The molecule has 0 fully saturated rings. The molecule has 0 unspecified atom stereocenters. The monoisotopic (exact) mass is 417 g/mol. The first-order valence-electron chi connectivity index (χ1n) is 7.13. The van der Waals surface area contributed by atoms with Crippen LogP contribution in [0.25, 0.3) is 0 Å². The second-order valence-electron chi connectivity index (χ2n) is 4.68. The Morgan fingerprint density at radius 1 is 1.14 bits per heavy atom. The molecule has 11 nitrogen and oxygen atoms in total. The molecule has 0 aliphatic rings. The van der Waals surface area contributed by atoms with Gasteiger partial charge in [0.2, 0.25) is 0 Å².